The zero-order chi connectivity index (χ0) is 14.3. The summed E-state index contributed by atoms with van der Waals surface area (Å²) >= 11 is 0. The molecule has 1 nitrogen and oxygen atoms in total. The molecule has 1 rings (SSSR count). The molecule has 1 saturated carbocycles. The number of nitrogens with one attached hydrogen (secondary N) is 1. The van der Waals surface area contributed by atoms with Crippen LogP contribution in [0.4, 0.5) is 13.2 Å². The van der Waals surface area contributed by atoms with Gasteiger partial charge in [-0.25, -0.2) is 0 Å². The Balaban J connectivity index is 2.20. The van der Waals surface area contributed by atoms with Gasteiger partial charge in [0.25, 0.3) is 0 Å². The van der Waals surface area contributed by atoms with Gasteiger partial charge in [0.1, 0.15) is 0 Å². The predicted octanol–water partition coefficient (Wildman–Crippen LogP) is 5.06. The highest BCUT2D eigenvalue weighted by Crippen LogP contribution is 2.26. The van der Waals surface area contributed by atoms with Gasteiger partial charge >= 0.3 is 6.18 Å². The first-order valence-electron chi connectivity index (χ1n) is 7.71. The van der Waals surface area contributed by atoms with Crippen molar-refractivity contribution < 1.29 is 13.2 Å². The lowest BCUT2D eigenvalue weighted by molar-refractivity contribution is -0.135. The average molecular weight is 279 g/mol. The van der Waals surface area contributed by atoms with Crippen LogP contribution >= 0.6 is 0 Å². The smallest absolute Gasteiger partial charge is 0.312 e. The topological polar surface area (TPSA) is 12.0 Å². The zero-order valence-electron chi connectivity index (χ0n) is 12.2. The Kier molecular flexibility index (Phi) is 7.19. The van der Waals surface area contributed by atoms with E-state index in [2.05, 4.69) is 12.2 Å². The highest BCUT2D eigenvalue weighted by atomic mass is 19.4. The molecule has 0 bridgehead atoms. The summed E-state index contributed by atoms with van der Waals surface area (Å²) in [5.41, 5.74) is 0. The van der Waals surface area contributed by atoms with Gasteiger partial charge in [0.15, 0.2) is 0 Å². The SMILES string of the molecule is CC(CCCC(F)(F)F)N[C@H](C)C1CCCCCC1. The quantitative estimate of drug-likeness (QED) is 0.670. The van der Waals surface area contributed by atoms with Crippen molar-refractivity contribution in [2.75, 3.05) is 0 Å². The molecule has 1 unspecified atom stereocenters. The Morgan fingerprint density at radius 3 is 2.16 bits per heavy atom. The number of rotatable bonds is 6. The monoisotopic (exact) mass is 279 g/mol. The molecule has 19 heavy (non-hydrogen) atoms. The summed E-state index contributed by atoms with van der Waals surface area (Å²) in [7, 11) is 0. The van der Waals surface area contributed by atoms with Crippen molar-refractivity contribution in [3.8, 4) is 0 Å². The van der Waals surface area contributed by atoms with Gasteiger partial charge in [0, 0.05) is 18.5 Å². The highest BCUT2D eigenvalue weighted by molar-refractivity contribution is 4.77. The van der Waals surface area contributed by atoms with Gasteiger partial charge in [-0.1, -0.05) is 25.7 Å². The summed E-state index contributed by atoms with van der Waals surface area (Å²) in [6.45, 7) is 4.19. The second kappa shape index (κ2) is 8.13. The highest BCUT2D eigenvalue weighted by Gasteiger charge is 2.26. The van der Waals surface area contributed by atoms with Crippen molar-refractivity contribution in [2.24, 2.45) is 5.92 Å². The molecule has 0 heterocycles. The Morgan fingerprint density at radius 1 is 1.05 bits per heavy atom. The van der Waals surface area contributed by atoms with E-state index in [0.29, 0.717) is 18.4 Å². The van der Waals surface area contributed by atoms with Crippen LogP contribution < -0.4 is 5.32 Å². The first-order valence-corrected chi connectivity index (χ1v) is 7.71. The van der Waals surface area contributed by atoms with Gasteiger partial charge < -0.3 is 5.32 Å². The molecule has 0 radical (unpaired) electrons. The standard InChI is InChI=1S/C15H28F3N/c1-12(8-7-11-15(16,17)18)19-13(2)14-9-5-3-4-6-10-14/h12-14,19H,3-11H2,1-2H3/t12?,13-/m1/s1. The van der Waals surface area contributed by atoms with E-state index in [4.69, 9.17) is 0 Å². The summed E-state index contributed by atoms with van der Waals surface area (Å²) in [6.07, 6.45) is 3.99. The molecule has 0 aromatic rings. The molecule has 114 valence electrons. The van der Waals surface area contributed by atoms with Crippen molar-refractivity contribution in [2.45, 2.75) is 89.9 Å². The van der Waals surface area contributed by atoms with Crippen LogP contribution in [0.1, 0.15) is 71.6 Å². The van der Waals surface area contributed by atoms with Crippen LogP contribution in [-0.2, 0) is 0 Å². The molecule has 0 saturated heterocycles. The van der Waals surface area contributed by atoms with Crippen molar-refractivity contribution in [3.63, 3.8) is 0 Å². The van der Waals surface area contributed by atoms with Crippen LogP contribution in [0.15, 0.2) is 0 Å². The van der Waals surface area contributed by atoms with Crippen molar-refractivity contribution in [3.05, 3.63) is 0 Å². The van der Waals surface area contributed by atoms with Crippen LogP contribution in [0.5, 0.6) is 0 Å². The Morgan fingerprint density at radius 2 is 1.63 bits per heavy atom. The number of alkyl halides is 3. The Labute approximate surface area is 115 Å². The minimum atomic E-state index is -4.01. The maximum absolute atomic E-state index is 12.1. The first kappa shape index (κ1) is 16.8. The summed E-state index contributed by atoms with van der Waals surface area (Å²) < 4.78 is 36.3. The van der Waals surface area contributed by atoms with Gasteiger partial charge in [0.05, 0.1) is 0 Å². The second-order valence-corrected chi connectivity index (χ2v) is 6.12. The van der Waals surface area contributed by atoms with Gasteiger partial charge in [-0.2, -0.15) is 13.2 Å². The van der Waals surface area contributed by atoms with E-state index in [1.807, 2.05) is 6.92 Å². The fourth-order valence-electron chi connectivity index (χ4n) is 3.09. The molecule has 1 N–H and O–H groups in total. The van der Waals surface area contributed by atoms with Crippen LogP contribution in [0.2, 0.25) is 0 Å². The first-order chi connectivity index (χ1) is 8.88. The maximum Gasteiger partial charge on any atom is 0.389 e. The average Bonchev–Trinajstić information content (AvgIpc) is 2.55. The Bertz CT molecular complexity index is 232. The molecular formula is C15H28F3N. The van der Waals surface area contributed by atoms with Crippen LogP contribution in [-0.4, -0.2) is 18.3 Å². The summed E-state index contributed by atoms with van der Waals surface area (Å²) in [5.74, 6) is 0.701. The lowest BCUT2D eigenvalue weighted by atomic mass is 9.92. The third-order valence-corrected chi connectivity index (χ3v) is 4.25. The third kappa shape index (κ3) is 7.81. The van der Waals surface area contributed by atoms with Crippen LogP contribution in [0.25, 0.3) is 0 Å². The normalized spacial score (nSPS) is 21.9. The van der Waals surface area contributed by atoms with E-state index in [-0.39, 0.29) is 12.5 Å². The van der Waals surface area contributed by atoms with Gasteiger partial charge in [-0.3, -0.25) is 0 Å². The number of halogens is 3. The zero-order valence-corrected chi connectivity index (χ0v) is 12.2. The van der Waals surface area contributed by atoms with E-state index in [9.17, 15) is 13.2 Å². The van der Waals surface area contributed by atoms with Gasteiger partial charge in [-0.05, 0) is 45.4 Å². The van der Waals surface area contributed by atoms with Crippen molar-refractivity contribution in [1.29, 1.82) is 0 Å². The van der Waals surface area contributed by atoms with E-state index < -0.39 is 12.6 Å². The Hall–Kier alpha value is -0.250. The molecule has 1 aliphatic rings. The van der Waals surface area contributed by atoms with E-state index >= 15 is 0 Å². The van der Waals surface area contributed by atoms with Gasteiger partial charge in [-0.15, -0.1) is 0 Å². The fraction of sp³-hybridized carbons (Fsp3) is 1.00. The molecule has 4 heteroatoms. The van der Waals surface area contributed by atoms with E-state index in [1.165, 1.54) is 38.5 Å². The van der Waals surface area contributed by atoms with Crippen LogP contribution in [0, 0.1) is 5.92 Å². The lowest BCUT2D eigenvalue weighted by Crippen LogP contribution is -2.39. The van der Waals surface area contributed by atoms with Crippen LogP contribution in [0.3, 0.4) is 0 Å². The molecule has 0 aromatic heterocycles. The van der Waals surface area contributed by atoms with Crippen molar-refractivity contribution >= 4 is 0 Å². The maximum atomic E-state index is 12.1. The second-order valence-electron chi connectivity index (χ2n) is 6.12. The van der Waals surface area contributed by atoms with Crippen molar-refractivity contribution in [1.82, 2.24) is 5.32 Å². The minimum Gasteiger partial charge on any atom is -0.312 e. The molecule has 0 spiro atoms. The van der Waals surface area contributed by atoms with Gasteiger partial charge in [0.2, 0.25) is 0 Å². The fourth-order valence-corrected chi connectivity index (χ4v) is 3.09. The summed E-state index contributed by atoms with van der Waals surface area (Å²) in [6, 6.07) is 0.611. The summed E-state index contributed by atoms with van der Waals surface area (Å²) in [4.78, 5) is 0. The number of hydrogen-bond donors (Lipinski definition) is 1. The molecule has 1 aliphatic carbocycles. The summed E-state index contributed by atoms with van der Waals surface area (Å²) in [5, 5.41) is 3.50. The molecule has 2 atom stereocenters. The molecule has 0 aromatic carbocycles. The van der Waals surface area contributed by atoms with E-state index in [0.717, 1.165) is 0 Å². The molecule has 0 aliphatic heterocycles. The number of hydrogen-bond acceptors (Lipinski definition) is 1. The largest absolute Gasteiger partial charge is 0.389 e. The lowest BCUT2D eigenvalue weighted by Gasteiger charge is -2.27. The molecular weight excluding hydrogens is 251 g/mol. The molecule has 1 fully saturated rings. The predicted molar refractivity (Wildman–Crippen MR) is 73.2 cm³/mol. The van der Waals surface area contributed by atoms with E-state index in [1.54, 1.807) is 0 Å². The molecule has 0 amide bonds. The minimum absolute atomic E-state index is 0.181. The third-order valence-electron chi connectivity index (χ3n) is 4.25.